The second-order valence-electron chi connectivity index (χ2n) is 3.32. The van der Waals surface area contributed by atoms with Crippen LogP contribution in [-0.4, -0.2) is 23.3 Å². The van der Waals surface area contributed by atoms with Gasteiger partial charge in [0.15, 0.2) is 5.69 Å². The lowest BCUT2D eigenvalue weighted by atomic mass is 10.4. The SMILES string of the molecule is CCOC(=O)c1nc(NN=C(C)C)sc1C. The molecule has 0 radical (unpaired) electrons. The molecule has 0 saturated heterocycles. The third kappa shape index (κ3) is 3.30. The van der Waals surface area contributed by atoms with Crippen molar-refractivity contribution in [2.75, 3.05) is 12.0 Å². The molecule has 0 bridgehead atoms. The molecule has 6 heteroatoms. The van der Waals surface area contributed by atoms with Gasteiger partial charge in [0.25, 0.3) is 0 Å². The normalized spacial score (nSPS) is 9.75. The summed E-state index contributed by atoms with van der Waals surface area (Å²) in [5.74, 6) is -0.388. The Hall–Kier alpha value is -1.43. The largest absolute Gasteiger partial charge is 0.461 e. The zero-order chi connectivity index (χ0) is 12.1. The highest BCUT2D eigenvalue weighted by Crippen LogP contribution is 2.22. The number of carbonyl (C=O) groups is 1. The van der Waals surface area contributed by atoms with Crippen LogP contribution in [0.1, 0.15) is 36.1 Å². The van der Waals surface area contributed by atoms with Gasteiger partial charge in [-0.25, -0.2) is 9.78 Å². The molecule has 1 N–H and O–H groups in total. The Morgan fingerprint density at radius 1 is 1.56 bits per heavy atom. The number of hydrogen-bond donors (Lipinski definition) is 1. The molecule has 1 aromatic rings. The lowest BCUT2D eigenvalue weighted by Gasteiger charge is -1.97. The van der Waals surface area contributed by atoms with E-state index >= 15 is 0 Å². The van der Waals surface area contributed by atoms with Crippen molar-refractivity contribution in [2.45, 2.75) is 27.7 Å². The maximum Gasteiger partial charge on any atom is 0.358 e. The van der Waals surface area contributed by atoms with Crippen LogP contribution in [-0.2, 0) is 4.74 Å². The Bertz CT molecular complexity index is 408. The highest BCUT2D eigenvalue weighted by Gasteiger charge is 2.15. The molecule has 0 aromatic carbocycles. The predicted octanol–water partition coefficient (Wildman–Crippen LogP) is 2.44. The fraction of sp³-hybridized carbons (Fsp3) is 0.500. The average Bonchev–Trinajstić information content (AvgIpc) is 2.57. The van der Waals surface area contributed by atoms with Crippen molar-refractivity contribution in [1.82, 2.24) is 4.98 Å². The number of hydrazone groups is 1. The molecule has 0 aliphatic rings. The molecule has 1 heterocycles. The quantitative estimate of drug-likeness (QED) is 0.499. The molecule has 5 nitrogen and oxygen atoms in total. The van der Waals surface area contributed by atoms with Gasteiger partial charge in [0.2, 0.25) is 5.13 Å². The van der Waals surface area contributed by atoms with Gasteiger partial charge in [0, 0.05) is 10.6 Å². The zero-order valence-electron chi connectivity index (χ0n) is 9.83. The van der Waals surface area contributed by atoms with E-state index in [2.05, 4.69) is 15.5 Å². The first-order valence-electron chi connectivity index (χ1n) is 4.96. The topological polar surface area (TPSA) is 63.6 Å². The summed E-state index contributed by atoms with van der Waals surface area (Å²) in [6.45, 7) is 7.70. The van der Waals surface area contributed by atoms with E-state index in [9.17, 15) is 4.79 Å². The number of nitrogens with zero attached hydrogens (tertiary/aromatic N) is 2. The van der Waals surface area contributed by atoms with Crippen molar-refractivity contribution in [1.29, 1.82) is 0 Å². The van der Waals surface area contributed by atoms with Crippen LogP contribution in [0.15, 0.2) is 5.10 Å². The van der Waals surface area contributed by atoms with Crippen LogP contribution in [0.5, 0.6) is 0 Å². The summed E-state index contributed by atoms with van der Waals surface area (Å²) in [5, 5.41) is 4.62. The van der Waals surface area contributed by atoms with Crippen LogP contribution in [0.2, 0.25) is 0 Å². The fourth-order valence-electron chi connectivity index (χ4n) is 0.993. The maximum absolute atomic E-state index is 11.5. The number of carbonyl (C=O) groups excluding carboxylic acids is 1. The Kier molecular flexibility index (Phi) is 4.42. The fourth-order valence-corrected chi connectivity index (χ4v) is 1.74. The van der Waals surface area contributed by atoms with Gasteiger partial charge >= 0.3 is 5.97 Å². The summed E-state index contributed by atoms with van der Waals surface area (Å²) in [5.41, 5.74) is 4.04. The van der Waals surface area contributed by atoms with Crippen LogP contribution in [0.3, 0.4) is 0 Å². The van der Waals surface area contributed by atoms with E-state index in [0.29, 0.717) is 17.4 Å². The summed E-state index contributed by atoms with van der Waals surface area (Å²) in [6.07, 6.45) is 0. The smallest absolute Gasteiger partial charge is 0.358 e. The minimum absolute atomic E-state index is 0.352. The number of ether oxygens (including phenoxy) is 1. The predicted molar refractivity (Wildman–Crippen MR) is 65.2 cm³/mol. The van der Waals surface area contributed by atoms with Gasteiger partial charge in [0.05, 0.1) is 6.61 Å². The van der Waals surface area contributed by atoms with E-state index < -0.39 is 0 Å². The van der Waals surface area contributed by atoms with Gasteiger partial charge in [-0.1, -0.05) is 11.3 Å². The van der Waals surface area contributed by atoms with Crippen molar-refractivity contribution in [3.05, 3.63) is 10.6 Å². The minimum atomic E-state index is -0.388. The number of anilines is 1. The van der Waals surface area contributed by atoms with Crippen LogP contribution in [0.25, 0.3) is 0 Å². The molecule has 0 aliphatic carbocycles. The number of aryl methyl sites for hydroxylation is 1. The van der Waals surface area contributed by atoms with Gasteiger partial charge in [-0.15, -0.1) is 0 Å². The van der Waals surface area contributed by atoms with Crippen LogP contribution >= 0.6 is 11.3 Å². The molecule has 0 fully saturated rings. The lowest BCUT2D eigenvalue weighted by molar-refractivity contribution is 0.0519. The van der Waals surface area contributed by atoms with E-state index in [1.165, 1.54) is 11.3 Å². The third-order valence-electron chi connectivity index (χ3n) is 1.64. The Balaban J connectivity index is 2.81. The summed E-state index contributed by atoms with van der Waals surface area (Å²) >= 11 is 1.38. The molecule has 1 aromatic heterocycles. The number of aromatic nitrogens is 1. The minimum Gasteiger partial charge on any atom is -0.461 e. The number of rotatable bonds is 4. The molecular weight excluding hydrogens is 226 g/mol. The highest BCUT2D eigenvalue weighted by atomic mass is 32.1. The van der Waals surface area contributed by atoms with Crippen molar-refractivity contribution in [3.8, 4) is 0 Å². The van der Waals surface area contributed by atoms with Gasteiger partial charge in [-0.3, -0.25) is 5.43 Å². The second-order valence-corrected chi connectivity index (χ2v) is 4.52. The summed E-state index contributed by atoms with van der Waals surface area (Å²) in [7, 11) is 0. The number of nitrogens with one attached hydrogen (secondary N) is 1. The molecule has 0 aliphatic heterocycles. The van der Waals surface area contributed by atoms with E-state index in [1.54, 1.807) is 6.92 Å². The van der Waals surface area contributed by atoms with Crippen molar-refractivity contribution < 1.29 is 9.53 Å². The van der Waals surface area contributed by atoms with Crippen molar-refractivity contribution in [2.24, 2.45) is 5.10 Å². The van der Waals surface area contributed by atoms with Crippen LogP contribution in [0, 0.1) is 6.92 Å². The first-order valence-corrected chi connectivity index (χ1v) is 5.77. The number of thiazole rings is 1. The zero-order valence-corrected chi connectivity index (χ0v) is 10.6. The third-order valence-corrected chi connectivity index (χ3v) is 2.52. The van der Waals surface area contributed by atoms with Gasteiger partial charge < -0.3 is 4.74 Å². The standard InChI is InChI=1S/C10H15N3O2S/c1-5-15-9(14)8-7(4)16-10(11-8)13-12-6(2)3/h5H2,1-4H3,(H,11,13). The molecule has 0 saturated carbocycles. The molecule has 0 atom stereocenters. The Morgan fingerprint density at radius 3 is 2.81 bits per heavy atom. The summed E-state index contributed by atoms with van der Waals surface area (Å²) < 4.78 is 4.89. The van der Waals surface area contributed by atoms with Gasteiger partial charge in [-0.2, -0.15) is 5.10 Å². The van der Waals surface area contributed by atoms with Gasteiger partial charge in [-0.05, 0) is 27.7 Å². The molecule has 16 heavy (non-hydrogen) atoms. The summed E-state index contributed by atoms with van der Waals surface area (Å²) in [6, 6.07) is 0. The van der Waals surface area contributed by atoms with E-state index in [0.717, 1.165) is 10.6 Å². The van der Waals surface area contributed by atoms with Crippen molar-refractivity contribution >= 4 is 28.1 Å². The van der Waals surface area contributed by atoms with E-state index in [-0.39, 0.29) is 5.97 Å². The van der Waals surface area contributed by atoms with E-state index in [1.807, 2.05) is 20.8 Å². The number of esters is 1. The first-order chi connectivity index (χ1) is 7.54. The van der Waals surface area contributed by atoms with Crippen LogP contribution in [0.4, 0.5) is 5.13 Å². The molecule has 88 valence electrons. The Morgan fingerprint density at radius 2 is 2.25 bits per heavy atom. The summed E-state index contributed by atoms with van der Waals surface area (Å²) in [4.78, 5) is 16.4. The molecular formula is C10H15N3O2S. The molecule has 0 amide bonds. The monoisotopic (exact) mass is 241 g/mol. The average molecular weight is 241 g/mol. The Labute approximate surface area is 98.5 Å². The van der Waals surface area contributed by atoms with Crippen molar-refractivity contribution in [3.63, 3.8) is 0 Å². The maximum atomic E-state index is 11.5. The van der Waals surface area contributed by atoms with E-state index in [4.69, 9.17) is 4.74 Å². The molecule has 0 spiro atoms. The highest BCUT2D eigenvalue weighted by molar-refractivity contribution is 7.15. The molecule has 0 unspecified atom stereocenters. The second kappa shape index (κ2) is 5.60. The number of hydrogen-bond acceptors (Lipinski definition) is 6. The molecule has 1 rings (SSSR count). The van der Waals surface area contributed by atoms with Crippen LogP contribution < -0.4 is 5.43 Å². The van der Waals surface area contributed by atoms with Gasteiger partial charge in [0.1, 0.15) is 0 Å². The lowest BCUT2D eigenvalue weighted by Crippen LogP contribution is -2.06. The first kappa shape index (κ1) is 12.6.